The van der Waals surface area contributed by atoms with Crippen molar-refractivity contribution in [3.63, 3.8) is 0 Å². The quantitative estimate of drug-likeness (QED) is 0.195. The van der Waals surface area contributed by atoms with E-state index in [-0.39, 0.29) is 0 Å². The molecule has 0 spiro atoms. The van der Waals surface area contributed by atoms with E-state index in [1.54, 1.807) is 0 Å². The summed E-state index contributed by atoms with van der Waals surface area (Å²) in [7, 11) is 8.36. The van der Waals surface area contributed by atoms with Crippen molar-refractivity contribution in [2.75, 3.05) is 55.5 Å². The molecule has 0 aromatic rings. The van der Waals surface area contributed by atoms with Crippen molar-refractivity contribution in [1.29, 1.82) is 0 Å². The van der Waals surface area contributed by atoms with Gasteiger partial charge in [0.25, 0.3) is 0 Å². The van der Waals surface area contributed by atoms with Crippen LogP contribution >= 0.6 is 26.5 Å². The summed E-state index contributed by atoms with van der Waals surface area (Å²) in [5.41, 5.74) is -3.93. The molecule has 0 rings (SSSR count). The van der Waals surface area contributed by atoms with Crippen LogP contribution in [-0.4, -0.2) is 55.5 Å². The second kappa shape index (κ2) is 10.5. The minimum atomic E-state index is -2.14. The molecule has 0 radical (unpaired) electrons. The normalized spacial score (nSPS) is 19.9. The number of hydrogen-bond acceptors (Lipinski definition) is 0. The Kier molecular flexibility index (Phi) is 11.5. The van der Waals surface area contributed by atoms with Crippen LogP contribution in [0.4, 0.5) is 0 Å². The van der Waals surface area contributed by atoms with Crippen molar-refractivity contribution in [2.45, 2.75) is 62.3 Å². The molecule has 0 aliphatic carbocycles. The fourth-order valence-corrected chi connectivity index (χ4v) is 153. The fourth-order valence-electron chi connectivity index (χ4n) is 4.99. The molecule has 0 N–H and O–H groups in total. The molecule has 0 saturated carbocycles. The molecule has 0 aromatic carbocycles. The molecule has 0 heterocycles. The maximum absolute atomic E-state index is 8.36. The van der Waals surface area contributed by atoms with Crippen LogP contribution in [0.3, 0.4) is 0 Å². The second-order valence-electron chi connectivity index (χ2n) is 7.02. The molecule has 150 valence electrons. The first-order valence-electron chi connectivity index (χ1n) is 10.2. The molecule has 0 amide bonds. The van der Waals surface area contributed by atoms with Gasteiger partial charge in [-0.25, -0.2) is 0 Å². The van der Waals surface area contributed by atoms with Crippen LogP contribution in [0.15, 0.2) is 0 Å². The summed E-state index contributed by atoms with van der Waals surface area (Å²) in [5.74, 6) is 0. The first kappa shape index (κ1) is 25.2. The minimum absolute atomic E-state index is 1.31. The summed E-state index contributed by atoms with van der Waals surface area (Å²) in [6.07, 6.45) is 13.2. The molecule has 0 saturated heterocycles. The van der Waals surface area contributed by atoms with Crippen molar-refractivity contribution in [2.24, 2.45) is 0 Å². The Bertz CT molecular complexity index is 262. The van der Waals surface area contributed by atoms with Gasteiger partial charge in [0.2, 0.25) is 0 Å². The van der Waals surface area contributed by atoms with Gasteiger partial charge in [-0.1, -0.05) is 0 Å². The monoisotopic (exact) mass is 494 g/mol. The zero-order valence-electron chi connectivity index (χ0n) is 17.6. The fraction of sp³-hybridized carbons (Fsp3) is 1.00. The molecule has 0 nitrogen and oxygen atoms in total. The molecule has 0 aliphatic heterocycles. The third-order valence-electron chi connectivity index (χ3n) is 7.18. The van der Waals surface area contributed by atoms with Gasteiger partial charge < -0.3 is 0 Å². The molecule has 0 atom stereocenters. The summed E-state index contributed by atoms with van der Waals surface area (Å²) in [6, 6.07) is 0. The van der Waals surface area contributed by atoms with Gasteiger partial charge in [0.1, 0.15) is 0 Å². The van der Waals surface area contributed by atoms with E-state index in [0.29, 0.717) is 0 Å². The molecule has 0 bridgehead atoms. The van der Waals surface area contributed by atoms with E-state index < -0.39 is 29.1 Å². The van der Waals surface area contributed by atoms with E-state index in [0.717, 1.165) is 0 Å². The molecular weight excluding hydrogens is 446 g/mol. The third-order valence-corrected chi connectivity index (χ3v) is 116. The standard InChI is InChI=1S/3C6H15P.ClH.Ru/c3*1-4-7(5-2)6-3;;/h3*4-6H2,1-3H3;1H;/q;;;;-2/p+2. The zero-order valence-corrected chi connectivity index (χ0v) is 23.1. The van der Waals surface area contributed by atoms with Crippen molar-refractivity contribution in [1.82, 2.24) is 0 Å². The molecule has 5 heteroatoms. The van der Waals surface area contributed by atoms with Crippen molar-refractivity contribution < 1.29 is 12.3 Å². The van der Waals surface area contributed by atoms with Crippen LogP contribution < -0.4 is 0 Å². The van der Waals surface area contributed by atoms with Gasteiger partial charge in [-0.2, -0.15) is 0 Å². The summed E-state index contributed by atoms with van der Waals surface area (Å²) >= 11 is -2.14. The van der Waals surface area contributed by atoms with Crippen LogP contribution in [-0.2, 0) is 12.3 Å². The predicted molar refractivity (Wildman–Crippen MR) is 126 cm³/mol. The van der Waals surface area contributed by atoms with Crippen LogP contribution in [0.5, 0.6) is 0 Å². The maximum atomic E-state index is 8.36. The van der Waals surface area contributed by atoms with E-state index in [4.69, 9.17) is 9.69 Å². The van der Waals surface area contributed by atoms with E-state index in [1.807, 2.05) is 0 Å². The van der Waals surface area contributed by atoms with Crippen molar-refractivity contribution in [3.8, 4) is 0 Å². The van der Waals surface area contributed by atoms with Gasteiger partial charge in [0, 0.05) is 0 Å². The summed E-state index contributed by atoms with van der Waals surface area (Å²) < 4.78 is 0. The molecule has 0 aliphatic rings. The Morgan fingerprint density at radius 3 is 0.652 bits per heavy atom. The van der Waals surface area contributed by atoms with Gasteiger partial charge in [0.15, 0.2) is 0 Å². The zero-order chi connectivity index (χ0) is 18.4. The van der Waals surface area contributed by atoms with Crippen molar-refractivity contribution in [3.05, 3.63) is 0 Å². The van der Waals surface area contributed by atoms with Crippen LogP contribution in [0.2, 0.25) is 0 Å². The number of halogens is 1. The molecule has 0 fully saturated rings. The van der Waals surface area contributed by atoms with Gasteiger partial charge >= 0.3 is 157 Å². The van der Waals surface area contributed by atoms with Crippen LogP contribution in [0, 0.1) is 0 Å². The molecule has 0 aromatic heterocycles. The van der Waals surface area contributed by atoms with E-state index in [9.17, 15) is 0 Å². The van der Waals surface area contributed by atoms with Crippen LogP contribution in [0.25, 0.3) is 0 Å². The van der Waals surface area contributed by atoms with Gasteiger partial charge in [0.05, 0.1) is 0 Å². The van der Waals surface area contributed by atoms with Crippen molar-refractivity contribution >= 4 is 26.5 Å². The SMILES string of the molecule is CC[PH](CC)(CC)[Ru]([Cl])([PH](CC)(CC)CC)[PH](CC)(CC)CC. The van der Waals surface area contributed by atoms with Gasteiger partial charge in [-0.05, 0) is 0 Å². The Hall–Kier alpha value is 2.20. The average molecular weight is 494 g/mol. The topological polar surface area (TPSA) is 0 Å². The Morgan fingerprint density at radius 2 is 0.565 bits per heavy atom. The number of hydrogen-bond donors (Lipinski definition) is 0. The molecule has 0 unspecified atom stereocenters. The first-order chi connectivity index (χ1) is 10.8. The first-order valence-corrected chi connectivity index (χ1v) is 27.7. The van der Waals surface area contributed by atoms with Crippen LogP contribution in [0.1, 0.15) is 62.3 Å². The second-order valence-corrected chi connectivity index (χ2v) is 61.1. The summed E-state index contributed by atoms with van der Waals surface area (Å²) in [6.45, 7) is 22.7. The van der Waals surface area contributed by atoms with E-state index in [1.165, 1.54) is 55.5 Å². The summed E-state index contributed by atoms with van der Waals surface area (Å²) in [5, 5.41) is 0. The molecular formula is C18H48ClP3Ru. The van der Waals surface area contributed by atoms with Gasteiger partial charge in [-0.3, -0.25) is 0 Å². The van der Waals surface area contributed by atoms with E-state index >= 15 is 0 Å². The molecule has 23 heavy (non-hydrogen) atoms. The van der Waals surface area contributed by atoms with E-state index in [2.05, 4.69) is 62.3 Å². The van der Waals surface area contributed by atoms with Gasteiger partial charge in [-0.15, -0.1) is 0 Å². The number of rotatable bonds is 12. The average Bonchev–Trinajstić information content (AvgIpc) is 2.61. The summed E-state index contributed by atoms with van der Waals surface area (Å²) in [4.78, 5) is 0. The third kappa shape index (κ3) is 3.78. The Balaban J connectivity index is 6.86. The Morgan fingerprint density at radius 1 is 0.435 bits per heavy atom. The predicted octanol–water partition coefficient (Wildman–Crippen LogP) is 7.47. The Labute approximate surface area is 156 Å².